The molecule has 11 heavy (non-hydrogen) atoms. The number of aromatic nitrogens is 1. The molecular formula is C5H7ClN2O2S. The molecule has 1 rings (SSSR count). The summed E-state index contributed by atoms with van der Waals surface area (Å²) < 4.78 is 0. The number of carbonyl (C=O) groups is 1. The zero-order valence-electron chi connectivity index (χ0n) is 5.43. The maximum Gasteiger partial charge on any atom is 0.327 e. The summed E-state index contributed by atoms with van der Waals surface area (Å²) in [4.78, 5) is 14.0. The molecule has 6 heteroatoms. The van der Waals surface area contributed by atoms with Crippen molar-refractivity contribution in [1.29, 1.82) is 0 Å². The fourth-order valence-corrected chi connectivity index (χ4v) is 1.12. The van der Waals surface area contributed by atoms with Crippen molar-refractivity contribution in [3.05, 3.63) is 16.6 Å². The maximum absolute atomic E-state index is 10.2. The highest BCUT2D eigenvalue weighted by molar-refractivity contribution is 7.09. The molecule has 0 saturated carbocycles. The first-order valence-electron chi connectivity index (χ1n) is 2.59. The van der Waals surface area contributed by atoms with Crippen LogP contribution in [0.25, 0.3) is 0 Å². The van der Waals surface area contributed by atoms with E-state index >= 15 is 0 Å². The van der Waals surface area contributed by atoms with Crippen molar-refractivity contribution in [2.24, 2.45) is 5.73 Å². The molecule has 0 aliphatic rings. The fourth-order valence-electron chi connectivity index (χ4n) is 0.494. The summed E-state index contributed by atoms with van der Waals surface area (Å²) in [6.07, 6.45) is 1.53. The van der Waals surface area contributed by atoms with Gasteiger partial charge in [0.15, 0.2) is 6.04 Å². The van der Waals surface area contributed by atoms with Gasteiger partial charge in [0.2, 0.25) is 0 Å². The van der Waals surface area contributed by atoms with Crippen LogP contribution in [-0.2, 0) is 4.79 Å². The molecule has 1 aromatic rings. The van der Waals surface area contributed by atoms with Crippen LogP contribution in [0, 0.1) is 0 Å². The number of hydrogen-bond donors (Lipinski definition) is 2. The molecule has 4 nitrogen and oxygen atoms in total. The van der Waals surface area contributed by atoms with Gasteiger partial charge in [-0.05, 0) is 0 Å². The number of rotatable bonds is 2. The molecule has 62 valence electrons. The van der Waals surface area contributed by atoms with E-state index in [4.69, 9.17) is 10.8 Å². The Morgan fingerprint density at radius 1 is 1.82 bits per heavy atom. The second-order valence-electron chi connectivity index (χ2n) is 1.69. The van der Waals surface area contributed by atoms with Crippen LogP contribution in [0.5, 0.6) is 0 Å². The quantitative estimate of drug-likeness (QED) is 0.725. The van der Waals surface area contributed by atoms with Crippen LogP contribution >= 0.6 is 23.7 Å². The number of halogens is 1. The highest BCUT2D eigenvalue weighted by Gasteiger charge is 2.15. The monoisotopic (exact) mass is 194 g/mol. The molecule has 0 fully saturated rings. The van der Waals surface area contributed by atoms with Crippen molar-refractivity contribution in [3.8, 4) is 0 Å². The third kappa shape index (κ3) is 2.45. The van der Waals surface area contributed by atoms with Gasteiger partial charge in [0, 0.05) is 11.6 Å². The summed E-state index contributed by atoms with van der Waals surface area (Å²) in [5.74, 6) is -1.05. The van der Waals surface area contributed by atoms with Crippen LogP contribution in [0.1, 0.15) is 11.0 Å². The van der Waals surface area contributed by atoms with Crippen molar-refractivity contribution in [3.63, 3.8) is 0 Å². The maximum atomic E-state index is 10.2. The number of carboxylic acids is 1. The Morgan fingerprint density at radius 2 is 2.45 bits per heavy atom. The van der Waals surface area contributed by atoms with Gasteiger partial charge >= 0.3 is 5.97 Å². The molecule has 0 aliphatic carbocycles. The van der Waals surface area contributed by atoms with Crippen LogP contribution < -0.4 is 5.73 Å². The van der Waals surface area contributed by atoms with Crippen molar-refractivity contribution in [2.75, 3.05) is 0 Å². The second-order valence-corrected chi connectivity index (χ2v) is 2.61. The van der Waals surface area contributed by atoms with E-state index in [2.05, 4.69) is 4.98 Å². The van der Waals surface area contributed by atoms with Crippen molar-refractivity contribution >= 4 is 29.7 Å². The van der Waals surface area contributed by atoms with Gasteiger partial charge in [-0.15, -0.1) is 23.7 Å². The largest absolute Gasteiger partial charge is 0.480 e. The van der Waals surface area contributed by atoms with Gasteiger partial charge in [0.25, 0.3) is 0 Å². The van der Waals surface area contributed by atoms with Crippen LogP contribution in [0.2, 0.25) is 0 Å². The lowest BCUT2D eigenvalue weighted by Gasteiger charge is -1.98. The molecule has 1 aromatic heterocycles. The zero-order chi connectivity index (χ0) is 7.56. The molecule has 0 bridgehead atoms. The molecular weight excluding hydrogens is 188 g/mol. The topological polar surface area (TPSA) is 76.2 Å². The van der Waals surface area contributed by atoms with Gasteiger partial charge in [0.05, 0.1) is 0 Å². The molecule has 0 radical (unpaired) electrons. The highest BCUT2D eigenvalue weighted by atomic mass is 35.5. The van der Waals surface area contributed by atoms with Crippen LogP contribution in [0.4, 0.5) is 0 Å². The Hall–Kier alpha value is -0.650. The number of thiazole rings is 1. The van der Waals surface area contributed by atoms with Gasteiger partial charge in [-0.2, -0.15) is 0 Å². The Balaban J connectivity index is 0.000001000. The molecule has 1 unspecified atom stereocenters. The lowest BCUT2D eigenvalue weighted by molar-refractivity contribution is -0.138. The van der Waals surface area contributed by atoms with E-state index in [0.29, 0.717) is 5.01 Å². The molecule has 0 spiro atoms. The molecule has 0 aromatic carbocycles. The third-order valence-corrected chi connectivity index (χ3v) is 1.84. The number of hydrogen-bond acceptors (Lipinski definition) is 4. The molecule has 1 atom stereocenters. The third-order valence-electron chi connectivity index (χ3n) is 0.984. The minimum atomic E-state index is -1.05. The summed E-state index contributed by atoms with van der Waals surface area (Å²) >= 11 is 1.24. The van der Waals surface area contributed by atoms with Crippen molar-refractivity contribution < 1.29 is 9.90 Å². The van der Waals surface area contributed by atoms with E-state index in [9.17, 15) is 4.79 Å². The number of carboxylic acid groups (broad SMARTS) is 1. The minimum absolute atomic E-state index is 0. The number of nitrogens with two attached hydrogens (primary N) is 1. The van der Waals surface area contributed by atoms with E-state index < -0.39 is 12.0 Å². The zero-order valence-corrected chi connectivity index (χ0v) is 7.06. The lowest BCUT2D eigenvalue weighted by Crippen LogP contribution is -2.20. The van der Waals surface area contributed by atoms with E-state index in [1.165, 1.54) is 17.5 Å². The molecule has 0 amide bonds. The minimum Gasteiger partial charge on any atom is -0.480 e. The van der Waals surface area contributed by atoms with E-state index in [-0.39, 0.29) is 12.4 Å². The predicted molar refractivity (Wildman–Crippen MR) is 43.9 cm³/mol. The average molecular weight is 195 g/mol. The average Bonchev–Trinajstić information content (AvgIpc) is 2.36. The normalized spacial score (nSPS) is 11.7. The Morgan fingerprint density at radius 3 is 2.82 bits per heavy atom. The first-order valence-corrected chi connectivity index (χ1v) is 3.47. The van der Waals surface area contributed by atoms with Crippen LogP contribution in [0.15, 0.2) is 11.6 Å². The summed E-state index contributed by atoms with van der Waals surface area (Å²) in [6, 6.07) is -0.972. The first kappa shape index (κ1) is 10.3. The lowest BCUT2D eigenvalue weighted by atomic mass is 10.3. The number of aliphatic carboxylic acids is 1. The summed E-state index contributed by atoms with van der Waals surface area (Å²) in [5, 5.41) is 10.5. The fraction of sp³-hybridized carbons (Fsp3) is 0.200. The SMILES string of the molecule is Cl.NC(C(=O)O)c1nccs1. The smallest absolute Gasteiger partial charge is 0.327 e. The van der Waals surface area contributed by atoms with E-state index in [1.807, 2.05) is 0 Å². The molecule has 0 aliphatic heterocycles. The second kappa shape index (κ2) is 4.27. The summed E-state index contributed by atoms with van der Waals surface area (Å²) in [6.45, 7) is 0. The highest BCUT2D eigenvalue weighted by Crippen LogP contribution is 2.12. The molecule has 1 heterocycles. The molecule has 0 saturated heterocycles. The van der Waals surface area contributed by atoms with Crippen LogP contribution in [-0.4, -0.2) is 16.1 Å². The number of nitrogens with zero attached hydrogens (tertiary/aromatic N) is 1. The Kier molecular flexibility index (Phi) is 4.02. The van der Waals surface area contributed by atoms with E-state index in [0.717, 1.165) is 0 Å². The molecule has 3 N–H and O–H groups in total. The predicted octanol–water partition coefficient (Wildman–Crippen LogP) is 0.649. The van der Waals surface area contributed by atoms with Crippen LogP contribution in [0.3, 0.4) is 0 Å². The first-order chi connectivity index (χ1) is 4.72. The van der Waals surface area contributed by atoms with E-state index in [1.54, 1.807) is 5.38 Å². The van der Waals surface area contributed by atoms with Gasteiger partial charge in [0.1, 0.15) is 5.01 Å². The summed E-state index contributed by atoms with van der Waals surface area (Å²) in [5.41, 5.74) is 5.23. The Bertz CT molecular complexity index is 226. The van der Waals surface area contributed by atoms with Gasteiger partial charge in [-0.25, -0.2) is 4.98 Å². The standard InChI is InChI=1S/C5H6N2O2S.ClH/c6-3(5(8)9)4-7-1-2-10-4;/h1-3H,6H2,(H,8,9);1H. The van der Waals surface area contributed by atoms with Gasteiger partial charge < -0.3 is 10.8 Å². The van der Waals surface area contributed by atoms with Gasteiger partial charge in [-0.3, -0.25) is 4.79 Å². The summed E-state index contributed by atoms with van der Waals surface area (Å²) in [7, 11) is 0. The Labute approximate surface area is 73.5 Å². The van der Waals surface area contributed by atoms with Crippen molar-refractivity contribution in [2.45, 2.75) is 6.04 Å². The van der Waals surface area contributed by atoms with Gasteiger partial charge in [-0.1, -0.05) is 0 Å². The van der Waals surface area contributed by atoms with Crippen molar-refractivity contribution in [1.82, 2.24) is 4.98 Å².